The molecule has 3 N–H and O–H groups in total. The van der Waals surface area contributed by atoms with Gasteiger partial charge >= 0.3 is 0 Å². The Labute approximate surface area is 96.0 Å². The molecule has 14 heavy (non-hydrogen) atoms. The molecule has 0 spiro atoms. The zero-order valence-corrected chi connectivity index (χ0v) is 10.3. The van der Waals surface area contributed by atoms with Crippen LogP contribution in [0.2, 0.25) is 0 Å². The van der Waals surface area contributed by atoms with Crippen molar-refractivity contribution < 1.29 is 4.79 Å². The van der Waals surface area contributed by atoms with Crippen molar-refractivity contribution in [2.24, 2.45) is 11.7 Å². The van der Waals surface area contributed by atoms with Crippen LogP contribution in [0.15, 0.2) is 0 Å². The molecule has 1 rings (SSSR count). The molecule has 0 aliphatic heterocycles. The molecule has 0 aromatic rings. The Bertz CT molecular complexity index is 188. The lowest BCUT2D eigenvalue weighted by Gasteiger charge is -2.18. The van der Waals surface area contributed by atoms with Gasteiger partial charge in [0.15, 0.2) is 0 Å². The minimum absolute atomic E-state index is 0. The van der Waals surface area contributed by atoms with E-state index >= 15 is 0 Å². The van der Waals surface area contributed by atoms with Gasteiger partial charge in [-0.25, -0.2) is 0 Å². The summed E-state index contributed by atoms with van der Waals surface area (Å²) in [5.41, 5.74) is 5.58. The van der Waals surface area contributed by atoms with E-state index in [1.165, 1.54) is 12.8 Å². The van der Waals surface area contributed by atoms with E-state index in [0.717, 1.165) is 0 Å². The third-order valence-corrected chi connectivity index (χ3v) is 3.42. The Morgan fingerprint density at radius 2 is 2.21 bits per heavy atom. The van der Waals surface area contributed by atoms with Gasteiger partial charge in [0.25, 0.3) is 0 Å². The molecule has 0 radical (unpaired) electrons. The molecule has 2 atom stereocenters. The third-order valence-electron chi connectivity index (χ3n) is 2.50. The zero-order valence-electron chi connectivity index (χ0n) is 8.66. The molecule has 1 fully saturated rings. The van der Waals surface area contributed by atoms with Gasteiger partial charge in [0.1, 0.15) is 0 Å². The summed E-state index contributed by atoms with van der Waals surface area (Å²) < 4.78 is 0. The van der Waals surface area contributed by atoms with Crippen molar-refractivity contribution in [3.63, 3.8) is 0 Å². The fraction of sp³-hybridized carbons (Fsp3) is 0.889. The largest absolute Gasteiger partial charge is 0.351 e. The average Bonchev–Trinajstić information content (AvgIpc) is 2.95. The summed E-state index contributed by atoms with van der Waals surface area (Å²) in [5.74, 6) is 0.762. The van der Waals surface area contributed by atoms with Crippen molar-refractivity contribution in [3.05, 3.63) is 0 Å². The standard InChI is InChI=1S/C9H18N2OS.ClH/c1-6(13-2)9(12)11-8(5-10)7-3-4-7;/h6-8H,3-5,10H2,1-2H3,(H,11,12);1H. The van der Waals surface area contributed by atoms with Crippen LogP contribution in [0.5, 0.6) is 0 Å². The Hall–Kier alpha value is 0.0700. The predicted octanol–water partition coefficient (Wildman–Crippen LogP) is 1.01. The second kappa shape index (κ2) is 6.53. The molecular formula is C9H19ClN2OS. The van der Waals surface area contributed by atoms with Crippen LogP contribution < -0.4 is 11.1 Å². The first-order valence-corrected chi connectivity index (χ1v) is 6.01. The SMILES string of the molecule is CSC(C)C(=O)NC(CN)C1CC1.Cl. The number of hydrogen-bond donors (Lipinski definition) is 2. The maximum absolute atomic E-state index is 11.5. The van der Waals surface area contributed by atoms with Gasteiger partial charge in [0.05, 0.1) is 5.25 Å². The second-order valence-electron chi connectivity index (χ2n) is 3.57. The van der Waals surface area contributed by atoms with E-state index in [9.17, 15) is 4.79 Å². The maximum Gasteiger partial charge on any atom is 0.233 e. The quantitative estimate of drug-likeness (QED) is 0.752. The fourth-order valence-corrected chi connectivity index (χ4v) is 1.56. The van der Waals surface area contributed by atoms with E-state index < -0.39 is 0 Å². The van der Waals surface area contributed by atoms with Crippen LogP contribution >= 0.6 is 24.2 Å². The van der Waals surface area contributed by atoms with E-state index in [0.29, 0.717) is 12.5 Å². The topological polar surface area (TPSA) is 55.1 Å². The molecule has 5 heteroatoms. The zero-order chi connectivity index (χ0) is 9.84. The number of nitrogens with two attached hydrogens (primary N) is 1. The van der Waals surface area contributed by atoms with Crippen molar-refractivity contribution >= 4 is 30.1 Å². The molecule has 1 aliphatic rings. The van der Waals surface area contributed by atoms with E-state index in [4.69, 9.17) is 5.73 Å². The molecule has 0 aromatic carbocycles. The highest BCUT2D eigenvalue weighted by atomic mass is 35.5. The van der Waals surface area contributed by atoms with Gasteiger partial charge < -0.3 is 11.1 Å². The molecule has 0 aromatic heterocycles. The lowest BCUT2D eigenvalue weighted by Crippen LogP contribution is -2.44. The van der Waals surface area contributed by atoms with Gasteiger partial charge in [-0.1, -0.05) is 0 Å². The Morgan fingerprint density at radius 3 is 2.57 bits per heavy atom. The molecule has 1 saturated carbocycles. The number of thioether (sulfide) groups is 1. The number of nitrogens with one attached hydrogen (secondary N) is 1. The summed E-state index contributed by atoms with van der Waals surface area (Å²) in [7, 11) is 0. The number of hydrogen-bond acceptors (Lipinski definition) is 3. The number of amides is 1. The van der Waals surface area contributed by atoms with Crippen molar-refractivity contribution in [1.29, 1.82) is 0 Å². The van der Waals surface area contributed by atoms with E-state index in [1.807, 2.05) is 13.2 Å². The van der Waals surface area contributed by atoms with Crippen molar-refractivity contribution in [3.8, 4) is 0 Å². The van der Waals surface area contributed by atoms with Crippen LogP contribution in [-0.4, -0.2) is 30.0 Å². The normalized spacial score (nSPS) is 19.4. The fourth-order valence-electron chi connectivity index (χ4n) is 1.27. The first kappa shape index (κ1) is 14.1. The van der Waals surface area contributed by atoms with Crippen LogP contribution in [0.1, 0.15) is 19.8 Å². The van der Waals surface area contributed by atoms with Crippen LogP contribution in [0.3, 0.4) is 0 Å². The van der Waals surface area contributed by atoms with Crippen molar-refractivity contribution in [1.82, 2.24) is 5.32 Å². The summed E-state index contributed by atoms with van der Waals surface area (Å²) in [6.07, 6.45) is 4.38. The third kappa shape index (κ3) is 4.07. The number of carbonyl (C=O) groups excluding carboxylic acids is 1. The Kier molecular flexibility index (Phi) is 6.57. The first-order chi connectivity index (χ1) is 6.19. The smallest absolute Gasteiger partial charge is 0.233 e. The summed E-state index contributed by atoms with van der Waals surface area (Å²) in [6, 6.07) is 0.210. The number of carbonyl (C=O) groups is 1. The summed E-state index contributed by atoms with van der Waals surface area (Å²) in [6.45, 7) is 2.48. The molecule has 0 bridgehead atoms. The highest BCUT2D eigenvalue weighted by Gasteiger charge is 2.31. The lowest BCUT2D eigenvalue weighted by atomic mass is 10.2. The molecule has 84 valence electrons. The lowest BCUT2D eigenvalue weighted by molar-refractivity contribution is -0.121. The molecule has 3 nitrogen and oxygen atoms in total. The highest BCUT2D eigenvalue weighted by molar-refractivity contribution is 7.99. The molecular weight excluding hydrogens is 220 g/mol. The molecule has 1 amide bonds. The molecule has 1 aliphatic carbocycles. The monoisotopic (exact) mass is 238 g/mol. The first-order valence-electron chi connectivity index (χ1n) is 4.72. The van der Waals surface area contributed by atoms with Crippen LogP contribution in [-0.2, 0) is 4.79 Å². The van der Waals surface area contributed by atoms with Crippen molar-refractivity contribution in [2.45, 2.75) is 31.1 Å². The van der Waals surface area contributed by atoms with Crippen LogP contribution in [0.4, 0.5) is 0 Å². The average molecular weight is 239 g/mol. The Balaban J connectivity index is 0.00000169. The van der Waals surface area contributed by atoms with Crippen LogP contribution in [0, 0.1) is 5.92 Å². The summed E-state index contributed by atoms with van der Waals surface area (Å²) in [5, 5.41) is 3.03. The van der Waals surface area contributed by atoms with Gasteiger partial charge in [-0.3, -0.25) is 4.79 Å². The van der Waals surface area contributed by atoms with Gasteiger partial charge in [-0.15, -0.1) is 12.4 Å². The van der Waals surface area contributed by atoms with Gasteiger partial charge in [-0.05, 0) is 31.9 Å². The van der Waals surface area contributed by atoms with Gasteiger partial charge in [0, 0.05) is 12.6 Å². The minimum atomic E-state index is 0. The van der Waals surface area contributed by atoms with Crippen molar-refractivity contribution in [2.75, 3.05) is 12.8 Å². The molecule has 2 unspecified atom stereocenters. The Morgan fingerprint density at radius 1 is 1.64 bits per heavy atom. The molecule has 0 saturated heterocycles. The van der Waals surface area contributed by atoms with E-state index in [2.05, 4.69) is 5.32 Å². The second-order valence-corrected chi connectivity index (χ2v) is 4.74. The minimum Gasteiger partial charge on any atom is -0.351 e. The predicted molar refractivity (Wildman–Crippen MR) is 63.9 cm³/mol. The van der Waals surface area contributed by atoms with E-state index in [1.54, 1.807) is 11.8 Å². The highest BCUT2D eigenvalue weighted by Crippen LogP contribution is 2.32. The summed E-state index contributed by atoms with van der Waals surface area (Å²) in [4.78, 5) is 11.5. The van der Waals surface area contributed by atoms with Gasteiger partial charge in [0.2, 0.25) is 5.91 Å². The summed E-state index contributed by atoms with van der Waals surface area (Å²) >= 11 is 1.56. The maximum atomic E-state index is 11.5. The molecule has 0 heterocycles. The van der Waals surface area contributed by atoms with Gasteiger partial charge in [-0.2, -0.15) is 11.8 Å². The number of rotatable bonds is 5. The number of halogens is 1. The van der Waals surface area contributed by atoms with E-state index in [-0.39, 0.29) is 29.6 Å². The van der Waals surface area contributed by atoms with Crippen LogP contribution in [0.25, 0.3) is 0 Å².